The summed E-state index contributed by atoms with van der Waals surface area (Å²) >= 11 is 0. The van der Waals surface area contributed by atoms with Gasteiger partial charge in [-0.25, -0.2) is 4.79 Å². The molecule has 2 N–H and O–H groups in total. The van der Waals surface area contributed by atoms with Crippen molar-refractivity contribution in [3.63, 3.8) is 0 Å². The minimum absolute atomic E-state index is 0.0626. The fraction of sp³-hybridized carbons (Fsp3) is 0.733. The van der Waals surface area contributed by atoms with Crippen LogP contribution in [0.5, 0.6) is 0 Å². The van der Waals surface area contributed by atoms with Crippen LogP contribution in [0.15, 0.2) is 0 Å². The Kier molecular flexibility index (Phi) is 5.07. The normalized spacial score (nSPS) is 24.0. The molecule has 2 fully saturated rings. The average molecular weight is 293 g/mol. The predicted molar refractivity (Wildman–Crippen MR) is 78.8 cm³/mol. The molecule has 0 saturated heterocycles. The Morgan fingerprint density at radius 1 is 1.33 bits per heavy atom. The van der Waals surface area contributed by atoms with E-state index >= 15 is 0 Å². The summed E-state index contributed by atoms with van der Waals surface area (Å²) in [6, 6.07) is 0.596. The Morgan fingerprint density at radius 3 is 2.48 bits per heavy atom. The number of carbonyl (C=O) groups is 2. The van der Waals surface area contributed by atoms with Crippen LogP contribution >= 0.6 is 0 Å². The Bertz CT molecular complexity index is 436. The lowest BCUT2D eigenvalue weighted by Gasteiger charge is -2.42. The number of carboxylic acids is 1. The summed E-state index contributed by atoms with van der Waals surface area (Å²) in [4.78, 5) is 26.6. The van der Waals surface area contributed by atoms with Crippen LogP contribution < -0.4 is 5.32 Å². The second kappa shape index (κ2) is 6.81. The van der Waals surface area contributed by atoms with Crippen LogP contribution in [0.2, 0.25) is 0 Å². The molecule has 2 saturated carbocycles. The number of carboxylic acid groups (broad SMARTS) is 1. The minimum atomic E-state index is -0.807. The largest absolute Gasteiger partial charge is 0.480 e. The van der Waals surface area contributed by atoms with Gasteiger partial charge in [-0.15, -0.1) is 6.42 Å². The molecule has 0 aromatic rings. The second-order valence-electron chi connectivity index (χ2n) is 5.79. The first-order valence-corrected chi connectivity index (χ1v) is 7.51. The smallest absolute Gasteiger partial charge is 0.318 e. The molecule has 0 heterocycles. The van der Waals surface area contributed by atoms with E-state index in [4.69, 9.17) is 11.5 Å². The van der Waals surface area contributed by atoms with E-state index in [0.717, 1.165) is 25.7 Å². The van der Waals surface area contributed by atoms with Crippen molar-refractivity contribution in [2.75, 3.05) is 19.6 Å². The number of likely N-dealkylation sites (N-methyl/N-ethyl adjacent to an activating group) is 1. The molecule has 0 radical (unpaired) electrons. The first kappa shape index (κ1) is 15.6. The zero-order valence-corrected chi connectivity index (χ0v) is 12.4. The Labute approximate surface area is 125 Å². The van der Waals surface area contributed by atoms with Gasteiger partial charge in [0.05, 0.1) is 13.1 Å². The van der Waals surface area contributed by atoms with E-state index in [1.165, 1.54) is 0 Å². The number of amides is 2. The van der Waals surface area contributed by atoms with Gasteiger partial charge in [-0.2, -0.15) is 0 Å². The molecule has 0 bridgehead atoms. The number of nitrogens with zero attached hydrogens (tertiary/aromatic N) is 2. The zero-order valence-electron chi connectivity index (χ0n) is 12.4. The molecule has 6 heteroatoms. The Morgan fingerprint density at radius 2 is 2.00 bits per heavy atom. The standard InChI is InChI=1S/C15H23N3O3/c1-3-7-18(12-5-6-12)15(21)16-11-8-13(9-11)17(4-2)10-14(19)20/h1,11-13H,4-10H2,2H3,(H,16,21)(H,19,20). The highest BCUT2D eigenvalue weighted by atomic mass is 16.4. The lowest BCUT2D eigenvalue weighted by Crippen LogP contribution is -2.57. The van der Waals surface area contributed by atoms with Crippen LogP contribution in [0.25, 0.3) is 0 Å². The number of hydrogen-bond acceptors (Lipinski definition) is 3. The molecular formula is C15H23N3O3. The number of carbonyl (C=O) groups excluding carboxylic acids is 1. The molecule has 0 atom stereocenters. The summed E-state index contributed by atoms with van der Waals surface area (Å²) in [5.41, 5.74) is 0. The number of nitrogens with one attached hydrogen (secondary N) is 1. The van der Waals surface area contributed by atoms with Crippen LogP contribution in [0.4, 0.5) is 4.79 Å². The maximum absolute atomic E-state index is 12.2. The van der Waals surface area contributed by atoms with Gasteiger partial charge in [-0.05, 0) is 32.2 Å². The quantitative estimate of drug-likeness (QED) is 0.679. The SMILES string of the molecule is C#CCN(C(=O)NC1CC(N(CC)CC(=O)O)C1)C1CC1. The first-order valence-electron chi connectivity index (χ1n) is 7.51. The third kappa shape index (κ3) is 4.11. The van der Waals surface area contributed by atoms with Crippen molar-refractivity contribution in [3.8, 4) is 12.3 Å². The molecule has 116 valence electrons. The lowest BCUT2D eigenvalue weighted by atomic mass is 9.85. The van der Waals surface area contributed by atoms with Crippen LogP contribution in [0.3, 0.4) is 0 Å². The van der Waals surface area contributed by atoms with E-state index in [-0.39, 0.29) is 24.7 Å². The maximum Gasteiger partial charge on any atom is 0.318 e. The van der Waals surface area contributed by atoms with E-state index in [1.54, 1.807) is 4.90 Å². The average Bonchev–Trinajstić information content (AvgIpc) is 3.21. The number of hydrogen-bond donors (Lipinski definition) is 2. The number of terminal acetylenes is 1. The summed E-state index contributed by atoms with van der Waals surface area (Å²) < 4.78 is 0. The zero-order chi connectivity index (χ0) is 15.4. The lowest BCUT2D eigenvalue weighted by molar-refractivity contribution is -0.139. The van der Waals surface area contributed by atoms with E-state index in [0.29, 0.717) is 19.1 Å². The van der Waals surface area contributed by atoms with Crippen molar-refractivity contribution in [2.45, 2.75) is 50.7 Å². The Hall–Kier alpha value is -1.74. The molecule has 2 amide bonds. The summed E-state index contributed by atoms with van der Waals surface area (Å²) in [6.07, 6.45) is 8.98. The van der Waals surface area contributed by atoms with Gasteiger partial charge in [-0.1, -0.05) is 12.8 Å². The van der Waals surface area contributed by atoms with Crippen molar-refractivity contribution in [3.05, 3.63) is 0 Å². The number of rotatable bonds is 7. The predicted octanol–water partition coefficient (Wildman–Crippen LogP) is 0.731. The second-order valence-corrected chi connectivity index (χ2v) is 5.79. The maximum atomic E-state index is 12.2. The van der Waals surface area contributed by atoms with Gasteiger partial charge >= 0.3 is 12.0 Å². The van der Waals surface area contributed by atoms with E-state index in [9.17, 15) is 9.59 Å². The van der Waals surface area contributed by atoms with Crippen molar-refractivity contribution in [2.24, 2.45) is 0 Å². The molecular weight excluding hydrogens is 270 g/mol. The van der Waals surface area contributed by atoms with Gasteiger partial charge in [0.1, 0.15) is 0 Å². The molecule has 0 aliphatic heterocycles. The fourth-order valence-electron chi connectivity index (χ4n) is 2.79. The van der Waals surface area contributed by atoms with Gasteiger partial charge in [0.15, 0.2) is 0 Å². The molecule has 6 nitrogen and oxygen atoms in total. The van der Waals surface area contributed by atoms with Crippen molar-refractivity contribution in [1.82, 2.24) is 15.1 Å². The van der Waals surface area contributed by atoms with E-state index < -0.39 is 5.97 Å². The van der Waals surface area contributed by atoms with E-state index in [2.05, 4.69) is 11.2 Å². The van der Waals surface area contributed by atoms with Crippen molar-refractivity contribution < 1.29 is 14.7 Å². The van der Waals surface area contributed by atoms with Gasteiger partial charge < -0.3 is 15.3 Å². The molecule has 0 aromatic heterocycles. The summed E-state index contributed by atoms with van der Waals surface area (Å²) in [6.45, 7) is 3.08. The molecule has 0 unspecified atom stereocenters. The number of urea groups is 1. The first-order chi connectivity index (χ1) is 10.0. The molecule has 2 aliphatic rings. The van der Waals surface area contributed by atoms with Crippen molar-refractivity contribution in [1.29, 1.82) is 0 Å². The number of aliphatic carboxylic acids is 1. The molecule has 2 aliphatic carbocycles. The molecule has 2 rings (SSSR count). The van der Waals surface area contributed by atoms with Crippen LogP contribution in [0.1, 0.15) is 32.6 Å². The van der Waals surface area contributed by atoms with Gasteiger partial charge in [-0.3, -0.25) is 9.69 Å². The summed E-state index contributed by atoms with van der Waals surface area (Å²) in [5, 5.41) is 11.9. The van der Waals surface area contributed by atoms with Gasteiger partial charge in [0.25, 0.3) is 0 Å². The molecule has 21 heavy (non-hydrogen) atoms. The highest BCUT2D eigenvalue weighted by Crippen LogP contribution is 2.28. The minimum Gasteiger partial charge on any atom is -0.480 e. The van der Waals surface area contributed by atoms with Gasteiger partial charge in [0.2, 0.25) is 0 Å². The molecule has 0 aromatic carbocycles. The van der Waals surface area contributed by atoms with Gasteiger partial charge in [0, 0.05) is 18.1 Å². The highest BCUT2D eigenvalue weighted by Gasteiger charge is 2.37. The van der Waals surface area contributed by atoms with Crippen molar-refractivity contribution >= 4 is 12.0 Å². The third-order valence-electron chi connectivity index (χ3n) is 4.21. The monoisotopic (exact) mass is 293 g/mol. The van der Waals surface area contributed by atoms with E-state index in [1.807, 2.05) is 11.8 Å². The summed E-state index contributed by atoms with van der Waals surface area (Å²) in [7, 11) is 0. The van der Waals surface area contributed by atoms with Crippen LogP contribution in [-0.4, -0.2) is 64.7 Å². The highest BCUT2D eigenvalue weighted by molar-refractivity contribution is 5.75. The Balaban J connectivity index is 1.75. The third-order valence-corrected chi connectivity index (χ3v) is 4.21. The fourth-order valence-corrected chi connectivity index (χ4v) is 2.79. The van der Waals surface area contributed by atoms with Crippen LogP contribution in [-0.2, 0) is 4.79 Å². The topological polar surface area (TPSA) is 72.9 Å². The molecule has 0 spiro atoms. The van der Waals surface area contributed by atoms with Crippen LogP contribution in [0, 0.1) is 12.3 Å². The summed E-state index contributed by atoms with van der Waals surface area (Å²) in [5.74, 6) is 1.72.